The molecule has 1 aromatic heterocycles. The molecule has 0 saturated heterocycles. The van der Waals surface area contributed by atoms with Gasteiger partial charge < -0.3 is 5.32 Å². The van der Waals surface area contributed by atoms with Crippen LogP contribution in [-0.2, 0) is 0 Å². The highest BCUT2D eigenvalue weighted by Crippen LogP contribution is 2.22. The second kappa shape index (κ2) is 4.12. The number of anilines is 1. The highest BCUT2D eigenvalue weighted by molar-refractivity contribution is 5.91. The van der Waals surface area contributed by atoms with Crippen LogP contribution in [0.4, 0.5) is 5.82 Å². The lowest BCUT2D eigenvalue weighted by Crippen LogP contribution is -2.19. The summed E-state index contributed by atoms with van der Waals surface area (Å²) in [5.74, 6) is 0.980. The third kappa shape index (κ3) is 2.51. The monoisotopic (exact) mass is 214 g/mol. The third-order valence-electron chi connectivity index (χ3n) is 2.46. The van der Waals surface area contributed by atoms with Crippen molar-refractivity contribution in [2.45, 2.75) is 20.8 Å². The summed E-state index contributed by atoms with van der Waals surface area (Å²) in [5, 5.41) is 5.84. The Hall–Kier alpha value is -1.57. The predicted octanol–water partition coefficient (Wildman–Crippen LogP) is 3.69. The van der Waals surface area contributed by atoms with Crippen molar-refractivity contribution in [3.63, 3.8) is 0 Å². The summed E-state index contributed by atoms with van der Waals surface area (Å²) >= 11 is 0. The molecule has 1 heterocycles. The van der Waals surface area contributed by atoms with Crippen molar-refractivity contribution in [2.75, 3.05) is 11.9 Å². The Balaban J connectivity index is 2.30. The lowest BCUT2D eigenvalue weighted by Gasteiger charge is -2.19. The van der Waals surface area contributed by atoms with E-state index in [0.717, 1.165) is 12.4 Å². The van der Waals surface area contributed by atoms with E-state index in [1.165, 1.54) is 10.8 Å². The van der Waals surface area contributed by atoms with E-state index < -0.39 is 0 Å². The molecule has 2 nitrogen and oxygen atoms in total. The molecule has 0 fully saturated rings. The van der Waals surface area contributed by atoms with Crippen molar-refractivity contribution in [1.82, 2.24) is 4.98 Å². The van der Waals surface area contributed by atoms with E-state index in [1.54, 1.807) is 0 Å². The average molecular weight is 214 g/mol. The zero-order valence-electron chi connectivity index (χ0n) is 10.1. The maximum atomic E-state index is 4.40. The first-order chi connectivity index (χ1) is 7.56. The SMILES string of the molecule is CC(C)(C)CNc1nccc2ccccc12. The van der Waals surface area contributed by atoms with Crippen LogP contribution in [0.15, 0.2) is 36.5 Å². The first kappa shape index (κ1) is 10.9. The molecule has 2 aromatic rings. The average Bonchev–Trinajstić information content (AvgIpc) is 2.25. The van der Waals surface area contributed by atoms with Crippen LogP contribution in [0.3, 0.4) is 0 Å². The zero-order valence-corrected chi connectivity index (χ0v) is 10.1. The van der Waals surface area contributed by atoms with Gasteiger partial charge in [0.05, 0.1) is 0 Å². The molecule has 0 bridgehead atoms. The molecule has 0 unspecified atom stereocenters. The lowest BCUT2D eigenvalue weighted by atomic mass is 9.97. The van der Waals surface area contributed by atoms with E-state index >= 15 is 0 Å². The number of nitrogens with one attached hydrogen (secondary N) is 1. The van der Waals surface area contributed by atoms with Gasteiger partial charge in [0.15, 0.2) is 0 Å². The van der Waals surface area contributed by atoms with Crippen LogP contribution in [0.1, 0.15) is 20.8 Å². The minimum atomic E-state index is 0.263. The Morgan fingerprint density at radius 1 is 1.12 bits per heavy atom. The molecular formula is C14H18N2. The fourth-order valence-electron chi connectivity index (χ4n) is 1.61. The van der Waals surface area contributed by atoms with Crippen molar-refractivity contribution in [1.29, 1.82) is 0 Å². The number of aromatic nitrogens is 1. The van der Waals surface area contributed by atoms with E-state index in [4.69, 9.17) is 0 Å². The number of benzene rings is 1. The minimum absolute atomic E-state index is 0.263. The number of hydrogen-bond acceptors (Lipinski definition) is 2. The van der Waals surface area contributed by atoms with E-state index in [2.05, 4.69) is 49.3 Å². The van der Waals surface area contributed by atoms with Gasteiger partial charge in [-0.15, -0.1) is 0 Å². The largest absolute Gasteiger partial charge is 0.369 e. The molecule has 1 N–H and O–H groups in total. The topological polar surface area (TPSA) is 24.9 Å². The van der Waals surface area contributed by atoms with Gasteiger partial charge in [0.1, 0.15) is 5.82 Å². The number of pyridine rings is 1. The van der Waals surface area contributed by atoms with Crippen molar-refractivity contribution >= 4 is 16.6 Å². The summed E-state index contributed by atoms with van der Waals surface area (Å²) in [5.41, 5.74) is 0.263. The van der Waals surface area contributed by atoms with Gasteiger partial charge in [-0.05, 0) is 16.9 Å². The molecule has 0 radical (unpaired) electrons. The first-order valence-corrected chi connectivity index (χ1v) is 5.64. The second-order valence-electron chi connectivity index (χ2n) is 5.29. The van der Waals surface area contributed by atoms with E-state index in [1.807, 2.05) is 18.3 Å². The molecule has 2 heteroatoms. The van der Waals surface area contributed by atoms with Crippen molar-refractivity contribution in [2.24, 2.45) is 5.41 Å². The van der Waals surface area contributed by atoms with Crippen LogP contribution in [-0.4, -0.2) is 11.5 Å². The first-order valence-electron chi connectivity index (χ1n) is 5.64. The number of nitrogens with zero attached hydrogens (tertiary/aromatic N) is 1. The van der Waals surface area contributed by atoms with Gasteiger partial charge in [-0.1, -0.05) is 45.0 Å². The van der Waals surface area contributed by atoms with Gasteiger partial charge in [0.25, 0.3) is 0 Å². The molecule has 0 aliphatic heterocycles. The van der Waals surface area contributed by atoms with Crippen LogP contribution in [0.25, 0.3) is 10.8 Å². The van der Waals surface area contributed by atoms with Crippen LogP contribution in [0.5, 0.6) is 0 Å². The molecular weight excluding hydrogens is 196 g/mol. The fourth-order valence-corrected chi connectivity index (χ4v) is 1.61. The van der Waals surface area contributed by atoms with Crippen molar-refractivity contribution in [3.8, 4) is 0 Å². The van der Waals surface area contributed by atoms with Crippen molar-refractivity contribution < 1.29 is 0 Å². The normalized spacial score (nSPS) is 11.7. The molecule has 0 amide bonds. The number of rotatable bonds is 2. The van der Waals surface area contributed by atoms with Gasteiger partial charge in [-0.2, -0.15) is 0 Å². The van der Waals surface area contributed by atoms with Crippen LogP contribution >= 0.6 is 0 Å². The summed E-state index contributed by atoms with van der Waals surface area (Å²) in [6.07, 6.45) is 1.85. The van der Waals surface area contributed by atoms with Gasteiger partial charge in [0.2, 0.25) is 0 Å². The zero-order chi connectivity index (χ0) is 11.6. The summed E-state index contributed by atoms with van der Waals surface area (Å²) in [7, 11) is 0. The quantitative estimate of drug-likeness (QED) is 0.824. The Labute approximate surface area is 96.7 Å². The maximum Gasteiger partial charge on any atom is 0.133 e. The summed E-state index contributed by atoms with van der Waals surface area (Å²) in [6.45, 7) is 7.56. The minimum Gasteiger partial charge on any atom is -0.369 e. The van der Waals surface area contributed by atoms with Crippen LogP contribution in [0.2, 0.25) is 0 Å². The van der Waals surface area contributed by atoms with Crippen LogP contribution in [0, 0.1) is 5.41 Å². The Morgan fingerprint density at radius 3 is 2.62 bits per heavy atom. The van der Waals surface area contributed by atoms with Gasteiger partial charge in [0, 0.05) is 18.1 Å². The third-order valence-corrected chi connectivity index (χ3v) is 2.46. The number of fused-ring (bicyclic) bond motifs is 1. The second-order valence-corrected chi connectivity index (χ2v) is 5.29. The highest BCUT2D eigenvalue weighted by Gasteiger charge is 2.10. The molecule has 0 atom stereocenters. The molecule has 0 spiro atoms. The summed E-state index contributed by atoms with van der Waals surface area (Å²) in [4.78, 5) is 4.40. The standard InChI is InChI=1S/C14H18N2/c1-14(2,3)10-16-13-12-7-5-4-6-11(12)8-9-15-13/h4-9H,10H2,1-3H3,(H,15,16). The molecule has 16 heavy (non-hydrogen) atoms. The predicted molar refractivity (Wildman–Crippen MR) is 69.7 cm³/mol. The summed E-state index contributed by atoms with van der Waals surface area (Å²) < 4.78 is 0. The van der Waals surface area contributed by atoms with Gasteiger partial charge in [-0.3, -0.25) is 0 Å². The Kier molecular flexibility index (Phi) is 2.82. The van der Waals surface area contributed by atoms with Crippen LogP contribution < -0.4 is 5.32 Å². The smallest absolute Gasteiger partial charge is 0.133 e. The highest BCUT2D eigenvalue weighted by atomic mass is 15.0. The Morgan fingerprint density at radius 2 is 1.88 bits per heavy atom. The van der Waals surface area contributed by atoms with E-state index in [0.29, 0.717) is 0 Å². The molecule has 2 rings (SSSR count). The fraction of sp³-hybridized carbons (Fsp3) is 0.357. The summed E-state index contributed by atoms with van der Waals surface area (Å²) in [6, 6.07) is 10.4. The van der Waals surface area contributed by atoms with Gasteiger partial charge >= 0.3 is 0 Å². The molecule has 1 aromatic carbocycles. The van der Waals surface area contributed by atoms with Crippen molar-refractivity contribution in [3.05, 3.63) is 36.5 Å². The van der Waals surface area contributed by atoms with Gasteiger partial charge in [-0.25, -0.2) is 4.98 Å². The van der Waals surface area contributed by atoms with E-state index in [-0.39, 0.29) is 5.41 Å². The molecule has 0 aliphatic carbocycles. The number of hydrogen-bond donors (Lipinski definition) is 1. The molecule has 84 valence electrons. The molecule has 0 saturated carbocycles. The Bertz CT molecular complexity index is 478. The van der Waals surface area contributed by atoms with E-state index in [9.17, 15) is 0 Å². The maximum absolute atomic E-state index is 4.40. The molecule has 0 aliphatic rings. The lowest BCUT2D eigenvalue weighted by molar-refractivity contribution is 0.442.